The van der Waals surface area contributed by atoms with Crippen molar-refractivity contribution in [3.8, 4) is 5.75 Å². The summed E-state index contributed by atoms with van der Waals surface area (Å²) in [5.41, 5.74) is 7.46. The highest BCUT2D eigenvalue weighted by Gasteiger charge is 2.45. The van der Waals surface area contributed by atoms with Gasteiger partial charge in [0.1, 0.15) is 17.6 Å². The first-order valence-electron chi connectivity index (χ1n) is 14.2. The molecule has 1 fully saturated rings. The Bertz CT molecular complexity index is 1830. The van der Waals surface area contributed by atoms with E-state index in [1.54, 1.807) is 54.7 Å². The van der Waals surface area contributed by atoms with Crippen molar-refractivity contribution in [3.05, 3.63) is 89.1 Å². The summed E-state index contributed by atoms with van der Waals surface area (Å²) in [7, 11) is -3.72. The third kappa shape index (κ3) is 6.02. The van der Waals surface area contributed by atoms with Crippen LogP contribution in [0.1, 0.15) is 43.5 Å². The van der Waals surface area contributed by atoms with Crippen molar-refractivity contribution in [2.24, 2.45) is 5.92 Å². The van der Waals surface area contributed by atoms with Crippen molar-refractivity contribution in [3.63, 3.8) is 0 Å². The number of carbonyl (C=O) groups excluding carboxylic acids is 1. The predicted molar refractivity (Wildman–Crippen MR) is 170 cm³/mol. The molecule has 2 unspecified atom stereocenters. The number of nitrogen functional groups attached to an aromatic ring is 1. The Labute approximate surface area is 260 Å². The number of aliphatic carboxylic acids is 1. The summed E-state index contributed by atoms with van der Waals surface area (Å²) in [4.78, 5) is 32.7. The number of carboxylic acid groups (broad SMARTS) is 1. The number of likely N-dealkylation sites (tertiary alicyclic amines) is 1. The van der Waals surface area contributed by atoms with Gasteiger partial charge in [0.15, 0.2) is 9.84 Å². The van der Waals surface area contributed by atoms with Crippen LogP contribution in [0.4, 0.5) is 11.5 Å². The number of anilines is 2. The average Bonchev–Trinajstić information content (AvgIpc) is 3.47. The number of ether oxygens (including phenoxy) is 1. The van der Waals surface area contributed by atoms with Gasteiger partial charge in [0.05, 0.1) is 34.2 Å². The molecule has 4 N–H and O–H groups in total. The number of nitrogens with two attached hydrogens (primary N) is 1. The number of hydrogen-bond acceptors (Lipinski definition) is 8. The molecule has 0 radical (unpaired) electrons. The van der Waals surface area contributed by atoms with Crippen molar-refractivity contribution in [2.45, 2.75) is 37.2 Å². The minimum absolute atomic E-state index is 0.0220. The summed E-state index contributed by atoms with van der Waals surface area (Å²) in [6.45, 7) is 3.82. The molecule has 1 aromatic heterocycles. The van der Waals surface area contributed by atoms with Crippen LogP contribution in [0.15, 0.2) is 77.8 Å². The molecule has 3 aromatic carbocycles. The van der Waals surface area contributed by atoms with Gasteiger partial charge in [-0.1, -0.05) is 42.8 Å². The van der Waals surface area contributed by atoms with Crippen LogP contribution in [0.2, 0.25) is 5.02 Å². The number of amides is 1. The van der Waals surface area contributed by atoms with Crippen LogP contribution in [-0.2, 0) is 19.4 Å². The minimum Gasteiger partial charge on any atom is -0.492 e. The topological polar surface area (TPSA) is 152 Å². The number of aromatic nitrogens is 1. The van der Waals surface area contributed by atoms with Crippen molar-refractivity contribution >= 4 is 55.6 Å². The van der Waals surface area contributed by atoms with Crippen LogP contribution in [0, 0.1) is 5.92 Å². The summed E-state index contributed by atoms with van der Waals surface area (Å²) >= 11 is 6.38. The summed E-state index contributed by atoms with van der Waals surface area (Å²) in [5.74, 6) is -1.94. The van der Waals surface area contributed by atoms with E-state index in [4.69, 9.17) is 22.1 Å². The molecular weight excluding hydrogens is 604 g/mol. The molecule has 0 aliphatic carbocycles. The van der Waals surface area contributed by atoms with Crippen LogP contribution < -0.4 is 15.8 Å². The standard InChI is InChI=1S/C32H33ClN4O6S/c1-3-43-26-18-20(9-12-25(26)33)28(36-21-10-11-22-19(17-21)13-15-35-30(22)34)31(38)37-16-14-24(32(39)40)29(37)23-7-5-6-8-27(23)44(41,42)4-2/h5-13,15,17-18,24,28-29,36H,3-4,14,16H2,1-2H3,(H2,34,35)(H,39,40)/t24?,28-,29?/m0/s1. The number of hydrogen-bond donors (Lipinski definition) is 3. The second-order valence-corrected chi connectivity index (χ2v) is 13.1. The average molecular weight is 637 g/mol. The molecule has 0 saturated carbocycles. The number of nitrogens with one attached hydrogen (secondary N) is 1. The molecule has 12 heteroatoms. The van der Waals surface area contributed by atoms with E-state index in [-0.39, 0.29) is 29.2 Å². The first-order chi connectivity index (χ1) is 21.1. The summed E-state index contributed by atoms with van der Waals surface area (Å²) in [6, 6.07) is 16.6. The molecule has 0 bridgehead atoms. The lowest BCUT2D eigenvalue weighted by Crippen LogP contribution is -2.39. The van der Waals surface area contributed by atoms with Gasteiger partial charge in [-0.15, -0.1) is 0 Å². The third-order valence-corrected chi connectivity index (χ3v) is 10.0. The van der Waals surface area contributed by atoms with Crippen molar-refractivity contribution < 1.29 is 27.9 Å². The molecule has 4 aromatic rings. The van der Waals surface area contributed by atoms with E-state index in [1.165, 1.54) is 17.9 Å². The van der Waals surface area contributed by atoms with Crippen molar-refractivity contribution in [2.75, 3.05) is 30.0 Å². The Morgan fingerprint density at radius 1 is 1.14 bits per heavy atom. The maximum absolute atomic E-state index is 14.6. The van der Waals surface area contributed by atoms with Gasteiger partial charge < -0.3 is 25.8 Å². The fourth-order valence-corrected chi connectivity index (χ4v) is 7.04. The number of carbonyl (C=O) groups is 2. The van der Waals surface area contributed by atoms with Gasteiger partial charge in [-0.2, -0.15) is 0 Å². The molecule has 2 heterocycles. The lowest BCUT2D eigenvalue weighted by molar-refractivity contribution is -0.143. The SMILES string of the molecule is CCOc1cc([C@H](Nc2ccc3c(N)nccc3c2)C(=O)N2CCC(C(=O)O)C2c2ccccc2S(=O)(=O)CC)ccc1Cl. The second kappa shape index (κ2) is 12.7. The second-order valence-electron chi connectivity index (χ2n) is 10.5. The molecule has 44 heavy (non-hydrogen) atoms. The smallest absolute Gasteiger partial charge is 0.309 e. The minimum atomic E-state index is -3.72. The van der Waals surface area contributed by atoms with Crippen LogP contribution in [0.3, 0.4) is 0 Å². The monoisotopic (exact) mass is 636 g/mol. The van der Waals surface area contributed by atoms with Gasteiger partial charge >= 0.3 is 5.97 Å². The Morgan fingerprint density at radius 2 is 1.91 bits per heavy atom. The highest BCUT2D eigenvalue weighted by molar-refractivity contribution is 7.91. The number of pyridine rings is 1. The highest BCUT2D eigenvalue weighted by atomic mass is 35.5. The van der Waals surface area contributed by atoms with Gasteiger partial charge in [0.25, 0.3) is 0 Å². The van der Waals surface area contributed by atoms with Crippen LogP contribution in [-0.4, -0.2) is 54.2 Å². The zero-order chi connectivity index (χ0) is 31.6. The van der Waals surface area contributed by atoms with Gasteiger partial charge in [-0.05, 0) is 72.3 Å². The van der Waals surface area contributed by atoms with Crippen LogP contribution in [0.5, 0.6) is 5.75 Å². The van der Waals surface area contributed by atoms with E-state index < -0.39 is 39.7 Å². The van der Waals surface area contributed by atoms with Crippen LogP contribution >= 0.6 is 11.6 Å². The normalized spacial score (nSPS) is 17.4. The third-order valence-electron chi connectivity index (χ3n) is 7.89. The number of benzene rings is 3. The Kier molecular flexibility index (Phi) is 8.98. The summed E-state index contributed by atoms with van der Waals surface area (Å²) in [5, 5.41) is 15.4. The lowest BCUT2D eigenvalue weighted by atomic mass is 9.93. The molecule has 1 amide bonds. The van der Waals surface area contributed by atoms with E-state index >= 15 is 0 Å². The van der Waals surface area contributed by atoms with E-state index in [0.717, 1.165) is 10.8 Å². The van der Waals surface area contributed by atoms with Crippen molar-refractivity contribution in [1.29, 1.82) is 0 Å². The molecule has 230 valence electrons. The zero-order valence-corrected chi connectivity index (χ0v) is 25.8. The molecule has 10 nitrogen and oxygen atoms in total. The van der Waals surface area contributed by atoms with Gasteiger partial charge in [0, 0.05) is 23.8 Å². The van der Waals surface area contributed by atoms with E-state index in [9.17, 15) is 23.1 Å². The maximum Gasteiger partial charge on any atom is 0.309 e. The number of sulfone groups is 1. The predicted octanol–water partition coefficient (Wildman–Crippen LogP) is 5.49. The molecule has 0 spiro atoms. The van der Waals surface area contributed by atoms with Crippen molar-refractivity contribution in [1.82, 2.24) is 9.88 Å². The maximum atomic E-state index is 14.6. The summed E-state index contributed by atoms with van der Waals surface area (Å²) < 4.78 is 31.9. The first-order valence-corrected chi connectivity index (χ1v) is 16.3. The Balaban J connectivity index is 1.62. The van der Waals surface area contributed by atoms with Gasteiger partial charge in [0.2, 0.25) is 5.91 Å². The van der Waals surface area contributed by atoms with Gasteiger partial charge in [-0.3, -0.25) is 9.59 Å². The zero-order valence-electron chi connectivity index (χ0n) is 24.2. The number of halogens is 1. The number of fused-ring (bicyclic) bond motifs is 1. The highest BCUT2D eigenvalue weighted by Crippen LogP contribution is 2.42. The number of rotatable bonds is 10. The molecule has 3 atom stereocenters. The summed E-state index contributed by atoms with van der Waals surface area (Å²) in [6.07, 6.45) is 1.76. The fourth-order valence-electron chi connectivity index (χ4n) is 5.72. The Hall–Kier alpha value is -4.35. The number of nitrogens with zero attached hydrogens (tertiary/aromatic N) is 2. The van der Waals surface area contributed by atoms with E-state index in [0.29, 0.717) is 34.4 Å². The first kappa shape index (κ1) is 31.1. The quantitative estimate of drug-likeness (QED) is 0.205. The lowest BCUT2D eigenvalue weighted by Gasteiger charge is -2.32. The Morgan fingerprint density at radius 3 is 2.64 bits per heavy atom. The molecular formula is C32H33ClN4O6S. The molecule has 5 rings (SSSR count). The fraction of sp³-hybridized carbons (Fsp3) is 0.281. The largest absolute Gasteiger partial charge is 0.492 e. The van der Waals surface area contributed by atoms with E-state index in [1.807, 2.05) is 19.1 Å². The molecule has 1 aliphatic rings. The molecule has 1 saturated heterocycles. The number of carboxylic acids is 1. The van der Waals surface area contributed by atoms with E-state index in [2.05, 4.69) is 10.3 Å². The van der Waals surface area contributed by atoms with Gasteiger partial charge in [-0.25, -0.2) is 13.4 Å². The van der Waals surface area contributed by atoms with Crippen LogP contribution in [0.25, 0.3) is 10.8 Å². The molecule has 1 aliphatic heterocycles.